The highest BCUT2D eigenvalue weighted by Crippen LogP contribution is 2.29. The van der Waals surface area contributed by atoms with Crippen LogP contribution < -0.4 is 20.1 Å². The highest BCUT2D eigenvalue weighted by molar-refractivity contribution is 6.00. The minimum atomic E-state index is -0.407. The fourth-order valence-electron chi connectivity index (χ4n) is 4.96. The van der Waals surface area contributed by atoms with Crippen molar-refractivity contribution in [1.29, 1.82) is 0 Å². The number of likely N-dealkylation sites (N-methyl/N-ethyl adjacent to an activating group) is 1. The Morgan fingerprint density at radius 1 is 1.10 bits per heavy atom. The zero-order valence-corrected chi connectivity index (χ0v) is 24.2. The molecule has 1 aliphatic heterocycles. The van der Waals surface area contributed by atoms with Crippen molar-refractivity contribution >= 4 is 23.3 Å². The second-order valence-electron chi connectivity index (χ2n) is 10.7. The number of hydrogen-bond donors (Lipinski definition) is 3. The van der Waals surface area contributed by atoms with E-state index in [4.69, 9.17) is 9.47 Å². The van der Waals surface area contributed by atoms with Crippen molar-refractivity contribution in [2.75, 3.05) is 44.5 Å². The highest BCUT2D eigenvalue weighted by Gasteiger charge is 2.31. The molecule has 3 amide bonds. The van der Waals surface area contributed by atoms with Gasteiger partial charge in [0.1, 0.15) is 17.6 Å². The molecule has 1 aliphatic rings. The number of carbonyl (C=O) groups is 2. The number of ether oxygens (including phenoxy) is 2. The van der Waals surface area contributed by atoms with Crippen molar-refractivity contribution in [1.82, 2.24) is 9.80 Å². The Balaban J connectivity index is 1.54. The van der Waals surface area contributed by atoms with E-state index in [1.54, 1.807) is 48.4 Å². The molecular formula is C32H40N4O5. The molecule has 0 saturated heterocycles. The van der Waals surface area contributed by atoms with Gasteiger partial charge in [0.15, 0.2) is 0 Å². The molecule has 0 aromatic heterocycles. The second-order valence-corrected chi connectivity index (χ2v) is 10.7. The van der Waals surface area contributed by atoms with Crippen molar-refractivity contribution in [3.63, 3.8) is 0 Å². The Bertz CT molecular complexity index is 1300. The van der Waals surface area contributed by atoms with Gasteiger partial charge < -0.3 is 30.1 Å². The van der Waals surface area contributed by atoms with E-state index in [1.165, 1.54) is 5.56 Å². The van der Waals surface area contributed by atoms with Crippen LogP contribution in [0.4, 0.5) is 16.2 Å². The quantitative estimate of drug-likeness (QED) is 0.353. The van der Waals surface area contributed by atoms with Crippen molar-refractivity contribution in [2.45, 2.75) is 39.0 Å². The topological polar surface area (TPSA) is 103 Å². The molecule has 1 heterocycles. The second kappa shape index (κ2) is 14.0. The number of nitrogens with zero attached hydrogens (tertiary/aromatic N) is 2. The van der Waals surface area contributed by atoms with Crippen LogP contribution in [0, 0.1) is 5.92 Å². The van der Waals surface area contributed by atoms with Crippen LogP contribution in [0.1, 0.15) is 25.0 Å². The molecule has 3 aromatic carbocycles. The van der Waals surface area contributed by atoms with E-state index in [0.717, 1.165) is 6.54 Å². The Morgan fingerprint density at radius 3 is 2.46 bits per heavy atom. The summed E-state index contributed by atoms with van der Waals surface area (Å²) in [5.41, 5.74) is 3.05. The first-order chi connectivity index (χ1) is 19.7. The maximum absolute atomic E-state index is 13.5. The molecule has 0 saturated carbocycles. The molecule has 9 heteroatoms. The lowest BCUT2D eigenvalue weighted by Crippen LogP contribution is -2.47. The van der Waals surface area contributed by atoms with E-state index in [1.807, 2.05) is 31.2 Å². The molecule has 41 heavy (non-hydrogen) atoms. The number of urea groups is 1. The van der Waals surface area contributed by atoms with Gasteiger partial charge in [0.25, 0.3) is 0 Å². The number of aliphatic hydroxyl groups excluding tert-OH is 1. The van der Waals surface area contributed by atoms with Crippen LogP contribution in [-0.2, 0) is 17.8 Å². The van der Waals surface area contributed by atoms with Crippen LogP contribution in [0.15, 0.2) is 72.8 Å². The summed E-state index contributed by atoms with van der Waals surface area (Å²) in [4.78, 5) is 30.1. The van der Waals surface area contributed by atoms with Crippen molar-refractivity contribution in [3.05, 3.63) is 83.9 Å². The van der Waals surface area contributed by atoms with E-state index >= 15 is 0 Å². The maximum Gasteiger partial charge on any atom is 0.323 e. The van der Waals surface area contributed by atoms with Crippen molar-refractivity contribution in [3.8, 4) is 11.5 Å². The Hall–Kier alpha value is -4.08. The third-order valence-electron chi connectivity index (χ3n) is 7.31. The molecule has 0 fully saturated rings. The highest BCUT2D eigenvalue weighted by atomic mass is 16.5. The average molecular weight is 561 g/mol. The van der Waals surface area contributed by atoms with Gasteiger partial charge in [0, 0.05) is 42.5 Å². The Kier molecular flexibility index (Phi) is 10.2. The zero-order valence-electron chi connectivity index (χ0n) is 24.2. The summed E-state index contributed by atoms with van der Waals surface area (Å²) in [6.07, 6.45) is -0.117. The summed E-state index contributed by atoms with van der Waals surface area (Å²) < 4.78 is 11.8. The van der Waals surface area contributed by atoms with E-state index < -0.39 is 6.03 Å². The van der Waals surface area contributed by atoms with Gasteiger partial charge in [-0.3, -0.25) is 9.69 Å². The molecule has 3 aromatic rings. The van der Waals surface area contributed by atoms with Crippen LogP contribution in [0.5, 0.6) is 11.5 Å². The number of rotatable bonds is 9. The molecule has 218 valence electrons. The molecule has 3 atom stereocenters. The average Bonchev–Trinajstić information content (AvgIpc) is 3.01. The van der Waals surface area contributed by atoms with E-state index in [2.05, 4.69) is 41.6 Å². The van der Waals surface area contributed by atoms with Gasteiger partial charge in [-0.1, -0.05) is 37.3 Å². The smallest absolute Gasteiger partial charge is 0.323 e. The number of anilines is 2. The maximum atomic E-state index is 13.5. The van der Waals surface area contributed by atoms with Gasteiger partial charge in [-0.25, -0.2) is 4.79 Å². The summed E-state index contributed by atoms with van der Waals surface area (Å²) in [7, 11) is 3.64. The number of aliphatic hydroxyl groups is 1. The minimum Gasteiger partial charge on any atom is -0.497 e. The standard InChI is InChI=1S/C32H40N4O5/c1-22-18-36(23(2)21-37)31(38)17-25-16-27(34-32(39)33-26-10-13-28(40-4)14-11-26)12-15-29(25)41-30(22)20-35(3)19-24-8-6-5-7-9-24/h5-16,22-23,30,37H,17-21H2,1-4H3,(H2,33,34,39)/t22-,23-,30+/m0/s1. The first kappa shape index (κ1) is 29.9. The number of carbonyl (C=O) groups excluding carboxylic acids is 2. The lowest BCUT2D eigenvalue weighted by atomic mass is 10.0. The van der Waals surface area contributed by atoms with Gasteiger partial charge in [0.2, 0.25) is 5.91 Å². The van der Waals surface area contributed by atoms with Gasteiger partial charge in [0.05, 0.1) is 26.2 Å². The van der Waals surface area contributed by atoms with Crippen LogP contribution in [0.3, 0.4) is 0 Å². The summed E-state index contributed by atoms with van der Waals surface area (Å²) in [6.45, 7) is 5.68. The molecule has 0 unspecified atom stereocenters. The van der Waals surface area contributed by atoms with Gasteiger partial charge in [-0.05, 0) is 62.0 Å². The molecule has 0 bridgehead atoms. The first-order valence-electron chi connectivity index (χ1n) is 13.9. The molecule has 9 nitrogen and oxygen atoms in total. The van der Waals surface area contributed by atoms with Crippen LogP contribution >= 0.6 is 0 Å². The number of nitrogens with one attached hydrogen (secondary N) is 2. The van der Waals surface area contributed by atoms with E-state index in [0.29, 0.717) is 41.5 Å². The lowest BCUT2D eigenvalue weighted by molar-refractivity contribution is -0.134. The van der Waals surface area contributed by atoms with Gasteiger partial charge >= 0.3 is 6.03 Å². The first-order valence-corrected chi connectivity index (χ1v) is 13.9. The third kappa shape index (κ3) is 8.22. The summed E-state index contributed by atoms with van der Waals surface area (Å²) in [5.74, 6) is 1.22. The molecule has 0 spiro atoms. The summed E-state index contributed by atoms with van der Waals surface area (Å²) >= 11 is 0. The Labute approximate surface area is 242 Å². The molecule has 4 rings (SSSR count). The van der Waals surface area contributed by atoms with Gasteiger partial charge in [-0.15, -0.1) is 0 Å². The normalized spacial score (nSPS) is 17.9. The largest absolute Gasteiger partial charge is 0.497 e. The fraction of sp³-hybridized carbons (Fsp3) is 0.375. The molecule has 0 aliphatic carbocycles. The number of methoxy groups -OCH3 is 1. The van der Waals surface area contributed by atoms with Crippen LogP contribution in [0.2, 0.25) is 0 Å². The zero-order chi connectivity index (χ0) is 29.4. The number of amides is 3. The van der Waals surface area contributed by atoms with Crippen molar-refractivity contribution in [2.24, 2.45) is 5.92 Å². The third-order valence-corrected chi connectivity index (χ3v) is 7.31. The van der Waals surface area contributed by atoms with E-state index in [-0.39, 0.29) is 37.0 Å². The molecule has 3 N–H and O–H groups in total. The number of benzene rings is 3. The van der Waals surface area contributed by atoms with Crippen molar-refractivity contribution < 1.29 is 24.2 Å². The predicted octanol–water partition coefficient (Wildman–Crippen LogP) is 4.62. The fourth-order valence-corrected chi connectivity index (χ4v) is 4.96. The SMILES string of the molecule is COc1ccc(NC(=O)Nc2ccc3c(c2)CC(=O)N([C@@H](C)CO)C[C@H](C)[C@@H](CN(C)Cc2ccccc2)O3)cc1. The Morgan fingerprint density at radius 2 is 1.78 bits per heavy atom. The summed E-state index contributed by atoms with van der Waals surface area (Å²) in [5, 5.41) is 15.5. The van der Waals surface area contributed by atoms with E-state index in [9.17, 15) is 14.7 Å². The minimum absolute atomic E-state index is 0.00481. The van der Waals surface area contributed by atoms with Gasteiger partial charge in [-0.2, -0.15) is 0 Å². The van der Waals surface area contributed by atoms with Crippen LogP contribution in [0.25, 0.3) is 0 Å². The predicted molar refractivity (Wildman–Crippen MR) is 160 cm³/mol. The molecular weight excluding hydrogens is 520 g/mol. The number of fused-ring (bicyclic) bond motifs is 1. The van der Waals surface area contributed by atoms with Crippen LogP contribution in [-0.4, -0.2) is 72.8 Å². The summed E-state index contributed by atoms with van der Waals surface area (Å²) in [6, 6.07) is 21.9. The molecule has 0 radical (unpaired) electrons. The monoisotopic (exact) mass is 560 g/mol. The lowest BCUT2D eigenvalue weighted by Gasteiger charge is -2.34. The number of hydrogen-bond acceptors (Lipinski definition) is 6.